The Kier molecular flexibility index (Phi) is 13.4. The monoisotopic (exact) mass is 829 g/mol. The number of rotatable bonds is 7. The number of hydrogen-bond donors (Lipinski definition) is 4. The number of para-hydroxylation sites is 5. The smallest absolute Gasteiger partial charge is 0.412 e. The average molecular weight is 831 g/mol. The van der Waals surface area contributed by atoms with Crippen LogP contribution < -0.4 is 21.3 Å². The molecule has 0 spiro atoms. The highest BCUT2D eigenvalue weighted by Crippen LogP contribution is 2.28. The number of amides is 4. The molecule has 0 bridgehead atoms. The summed E-state index contributed by atoms with van der Waals surface area (Å²) in [4.78, 5) is 53.8. The van der Waals surface area contributed by atoms with Crippen LogP contribution in [0.15, 0.2) is 138 Å². The summed E-state index contributed by atoms with van der Waals surface area (Å²) in [5.41, 5.74) is 4.60. The molecule has 57 heavy (non-hydrogen) atoms. The summed E-state index contributed by atoms with van der Waals surface area (Å²) >= 11 is 3.33. The van der Waals surface area contributed by atoms with E-state index in [4.69, 9.17) is 9.47 Å². The van der Waals surface area contributed by atoms with Gasteiger partial charge in [-0.15, -0.1) is 0 Å². The van der Waals surface area contributed by atoms with Crippen molar-refractivity contribution in [1.29, 1.82) is 0 Å². The lowest BCUT2D eigenvalue weighted by atomic mass is 10.0. The number of ether oxygens (including phenoxy) is 2. The molecule has 1 aromatic heterocycles. The molecule has 4 amide bonds. The van der Waals surface area contributed by atoms with Crippen molar-refractivity contribution in [2.75, 3.05) is 21.3 Å². The molecular formula is C45H44BrN5O6. The Labute approximate surface area is 340 Å². The third-order valence-electron chi connectivity index (χ3n) is 7.82. The number of pyridine rings is 1. The molecule has 0 radical (unpaired) electrons. The first-order valence-corrected chi connectivity index (χ1v) is 18.8. The molecule has 4 N–H and O–H groups in total. The second-order valence-electron chi connectivity index (χ2n) is 14.7. The van der Waals surface area contributed by atoms with Gasteiger partial charge in [0.1, 0.15) is 11.2 Å². The summed E-state index contributed by atoms with van der Waals surface area (Å²) in [7, 11) is 0. The zero-order valence-electron chi connectivity index (χ0n) is 32.5. The molecule has 6 rings (SSSR count). The number of aromatic nitrogens is 1. The topological polar surface area (TPSA) is 148 Å². The maximum atomic E-state index is 12.9. The van der Waals surface area contributed by atoms with E-state index in [1.807, 2.05) is 42.5 Å². The Morgan fingerprint density at radius 2 is 0.930 bits per heavy atom. The number of halogens is 1. The Bertz CT molecular complexity index is 2360. The highest BCUT2D eigenvalue weighted by atomic mass is 79.9. The van der Waals surface area contributed by atoms with E-state index in [0.717, 1.165) is 26.5 Å². The Hall–Kier alpha value is -6.53. The summed E-state index contributed by atoms with van der Waals surface area (Å²) < 4.78 is 11.4. The van der Waals surface area contributed by atoms with Gasteiger partial charge in [-0.1, -0.05) is 76.6 Å². The van der Waals surface area contributed by atoms with Crippen LogP contribution in [0.1, 0.15) is 62.3 Å². The third kappa shape index (κ3) is 12.5. The van der Waals surface area contributed by atoms with E-state index in [9.17, 15) is 19.2 Å². The Morgan fingerprint density at radius 3 is 1.39 bits per heavy atom. The average Bonchev–Trinajstić information content (AvgIpc) is 3.15. The molecule has 5 aromatic carbocycles. The van der Waals surface area contributed by atoms with Crippen LogP contribution in [0, 0.1) is 0 Å². The van der Waals surface area contributed by atoms with Gasteiger partial charge < -0.3 is 20.1 Å². The summed E-state index contributed by atoms with van der Waals surface area (Å²) in [6, 6.07) is 38.3. The summed E-state index contributed by atoms with van der Waals surface area (Å²) in [5, 5.41) is 12.1. The fraction of sp³-hybridized carbons (Fsp3) is 0.178. The van der Waals surface area contributed by atoms with Gasteiger partial charge in [0.25, 0.3) is 11.8 Å². The van der Waals surface area contributed by atoms with Gasteiger partial charge in [0, 0.05) is 32.7 Å². The van der Waals surface area contributed by atoms with Crippen molar-refractivity contribution >= 4 is 73.6 Å². The zero-order valence-corrected chi connectivity index (χ0v) is 34.1. The van der Waals surface area contributed by atoms with E-state index in [2.05, 4.69) is 42.2 Å². The number of carbonyl (C=O) groups excluding carboxylic acids is 4. The van der Waals surface area contributed by atoms with Gasteiger partial charge in [0.15, 0.2) is 0 Å². The number of hydrogen-bond acceptors (Lipinski definition) is 7. The Balaban J connectivity index is 0.000000230. The van der Waals surface area contributed by atoms with Gasteiger partial charge in [-0.05, 0) is 114 Å². The molecule has 1 heterocycles. The first kappa shape index (κ1) is 41.6. The maximum Gasteiger partial charge on any atom is 0.412 e. The molecule has 0 atom stereocenters. The number of anilines is 4. The van der Waals surface area contributed by atoms with Crippen LogP contribution in [0.3, 0.4) is 0 Å². The SMILES string of the molecule is CC(C)(C)OC(=O)Nc1ccccc1NC(=O)c1ccc(-c2cccc3cccnc23)cc1.CC(C)(C)OC(=O)Nc1ccccc1NC(=O)c1ccc(Br)cc1. The van der Waals surface area contributed by atoms with E-state index in [1.54, 1.807) is 133 Å². The van der Waals surface area contributed by atoms with Crippen molar-refractivity contribution in [2.45, 2.75) is 52.7 Å². The lowest BCUT2D eigenvalue weighted by molar-refractivity contribution is 0.0624. The zero-order chi connectivity index (χ0) is 41.2. The Morgan fingerprint density at radius 1 is 0.509 bits per heavy atom. The van der Waals surface area contributed by atoms with Gasteiger partial charge in [-0.25, -0.2) is 9.59 Å². The van der Waals surface area contributed by atoms with E-state index in [1.165, 1.54) is 0 Å². The van der Waals surface area contributed by atoms with E-state index in [0.29, 0.717) is 33.9 Å². The number of benzene rings is 5. The van der Waals surface area contributed by atoms with Gasteiger partial charge in [-0.3, -0.25) is 25.2 Å². The second kappa shape index (κ2) is 18.4. The van der Waals surface area contributed by atoms with Crippen molar-refractivity contribution in [3.63, 3.8) is 0 Å². The molecule has 0 aliphatic rings. The molecule has 0 aliphatic carbocycles. The van der Waals surface area contributed by atoms with Crippen molar-refractivity contribution in [3.05, 3.63) is 149 Å². The predicted octanol–water partition coefficient (Wildman–Crippen LogP) is 11.5. The van der Waals surface area contributed by atoms with Crippen LogP contribution in [0.4, 0.5) is 32.3 Å². The molecule has 0 aliphatic heterocycles. The van der Waals surface area contributed by atoms with Crippen LogP contribution in [0.25, 0.3) is 22.0 Å². The number of nitrogens with zero attached hydrogens (tertiary/aromatic N) is 1. The lowest BCUT2D eigenvalue weighted by Gasteiger charge is -2.20. The number of fused-ring (bicyclic) bond motifs is 1. The molecule has 292 valence electrons. The largest absolute Gasteiger partial charge is 0.444 e. The van der Waals surface area contributed by atoms with Crippen LogP contribution in [0.5, 0.6) is 0 Å². The maximum absolute atomic E-state index is 12.9. The first-order chi connectivity index (χ1) is 27.0. The normalized spacial score (nSPS) is 11.0. The quantitative estimate of drug-likeness (QED) is 0.125. The summed E-state index contributed by atoms with van der Waals surface area (Å²) in [6.07, 6.45) is 0.612. The molecule has 6 aromatic rings. The van der Waals surface area contributed by atoms with Crippen molar-refractivity contribution < 1.29 is 28.7 Å². The molecule has 0 saturated heterocycles. The number of nitrogens with one attached hydrogen (secondary N) is 4. The van der Waals surface area contributed by atoms with Gasteiger partial charge in [0.05, 0.1) is 28.3 Å². The minimum absolute atomic E-state index is 0.263. The van der Waals surface area contributed by atoms with Crippen LogP contribution >= 0.6 is 15.9 Å². The highest BCUT2D eigenvalue weighted by molar-refractivity contribution is 9.10. The van der Waals surface area contributed by atoms with Crippen LogP contribution in [0.2, 0.25) is 0 Å². The minimum atomic E-state index is -0.621. The van der Waals surface area contributed by atoms with Crippen LogP contribution in [-0.4, -0.2) is 40.2 Å². The molecule has 0 fully saturated rings. The van der Waals surface area contributed by atoms with E-state index >= 15 is 0 Å². The van der Waals surface area contributed by atoms with Gasteiger partial charge in [-0.2, -0.15) is 0 Å². The third-order valence-corrected chi connectivity index (χ3v) is 8.35. The molecular weight excluding hydrogens is 786 g/mol. The highest BCUT2D eigenvalue weighted by Gasteiger charge is 2.19. The molecule has 0 saturated carbocycles. The van der Waals surface area contributed by atoms with Crippen LogP contribution in [-0.2, 0) is 9.47 Å². The van der Waals surface area contributed by atoms with E-state index in [-0.39, 0.29) is 11.8 Å². The standard InChI is InChI=1S/C27H25N3O3.C18H19BrN2O3/c1-27(2,3)33-26(32)30-23-12-5-4-11-22(23)29-25(31)20-15-13-18(14-16-20)21-10-6-8-19-9-7-17-28-24(19)21;1-18(2,3)24-17(23)21-15-7-5-4-6-14(15)20-16(22)12-8-10-13(19)11-9-12/h4-17H,1-3H3,(H,29,31)(H,30,32);4-11H,1-3H3,(H,20,22)(H,21,23). The lowest BCUT2D eigenvalue weighted by Crippen LogP contribution is -2.27. The number of carbonyl (C=O) groups is 4. The van der Waals surface area contributed by atoms with Gasteiger partial charge >= 0.3 is 12.2 Å². The molecule has 12 heteroatoms. The minimum Gasteiger partial charge on any atom is -0.444 e. The fourth-order valence-electron chi connectivity index (χ4n) is 5.36. The predicted molar refractivity (Wildman–Crippen MR) is 230 cm³/mol. The fourth-order valence-corrected chi connectivity index (χ4v) is 5.62. The summed E-state index contributed by atoms with van der Waals surface area (Å²) in [5.74, 6) is -0.544. The molecule has 0 unspecified atom stereocenters. The second-order valence-corrected chi connectivity index (χ2v) is 15.6. The van der Waals surface area contributed by atoms with Crippen molar-refractivity contribution in [2.24, 2.45) is 0 Å². The van der Waals surface area contributed by atoms with Gasteiger partial charge in [0.2, 0.25) is 0 Å². The molecule has 11 nitrogen and oxygen atoms in total. The van der Waals surface area contributed by atoms with Crippen molar-refractivity contribution in [3.8, 4) is 11.1 Å². The first-order valence-electron chi connectivity index (χ1n) is 18.1. The van der Waals surface area contributed by atoms with Crippen molar-refractivity contribution in [1.82, 2.24) is 4.98 Å². The van der Waals surface area contributed by atoms with E-state index < -0.39 is 23.4 Å². The summed E-state index contributed by atoms with van der Waals surface area (Å²) in [6.45, 7) is 10.7.